The topological polar surface area (TPSA) is 75.1 Å². The van der Waals surface area contributed by atoms with Crippen LogP contribution >= 0.6 is 0 Å². The SMILES string of the molecule is CC(=O)Nc1ccc(-c2nn3nc(C(C)(C)C)cc3[nH]2)cc1. The normalized spacial score (nSPS) is 11.8. The lowest BCUT2D eigenvalue weighted by molar-refractivity contribution is -0.114. The number of hydrogen-bond donors (Lipinski definition) is 2. The van der Waals surface area contributed by atoms with Crippen LogP contribution in [0.25, 0.3) is 17.0 Å². The molecule has 0 aliphatic heterocycles. The summed E-state index contributed by atoms with van der Waals surface area (Å²) in [6.07, 6.45) is 0. The zero-order valence-corrected chi connectivity index (χ0v) is 13.1. The molecule has 0 atom stereocenters. The second-order valence-corrected chi connectivity index (χ2v) is 6.39. The number of hydrogen-bond acceptors (Lipinski definition) is 3. The first-order valence-electron chi connectivity index (χ1n) is 7.17. The molecule has 0 saturated heterocycles. The van der Waals surface area contributed by atoms with Crippen LogP contribution in [-0.2, 0) is 10.2 Å². The summed E-state index contributed by atoms with van der Waals surface area (Å²) in [4.78, 5) is 14.3. The quantitative estimate of drug-likeness (QED) is 0.763. The van der Waals surface area contributed by atoms with Crippen LogP contribution < -0.4 is 5.32 Å². The maximum absolute atomic E-state index is 11.0. The Labute approximate surface area is 128 Å². The minimum atomic E-state index is -0.0843. The smallest absolute Gasteiger partial charge is 0.221 e. The van der Waals surface area contributed by atoms with Crippen molar-refractivity contribution in [2.24, 2.45) is 0 Å². The molecule has 0 radical (unpaired) electrons. The van der Waals surface area contributed by atoms with Gasteiger partial charge in [-0.15, -0.1) is 9.73 Å². The van der Waals surface area contributed by atoms with Gasteiger partial charge >= 0.3 is 0 Å². The summed E-state index contributed by atoms with van der Waals surface area (Å²) in [5, 5.41) is 11.7. The number of aromatic nitrogens is 4. The average Bonchev–Trinajstić information content (AvgIpc) is 2.96. The molecule has 22 heavy (non-hydrogen) atoms. The van der Waals surface area contributed by atoms with E-state index in [-0.39, 0.29) is 11.3 Å². The van der Waals surface area contributed by atoms with Crippen LogP contribution in [0, 0.1) is 0 Å². The van der Waals surface area contributed by atoms with E-state index in [0.29, 0.717) is 0 Å². The number of nitrogens with zero attached hydrogens (tertiary/aromatic N) is 3. The van der Waals surface area contributed by atoms with Crippen LogP contribution in [0.5, 0.6) is 0 Å². The highest BCUT2D eigenvalue weighted by Gasteiger charge is 2.19. The molecule has 0 spiro atoms. The van der Waals surface area contributed by atoms with Gasteiger partial charge < -0.3 is 10.3 Å². The van der Waals surface area contributed by atoms with E-state index in [9.17, 15) is 4.79 Å². The maximum Gasteiger partial charge on any atom is 0.221 e. The van der Waals surface area contributed by atoms with Gasteiger partial charge in [0.05, 0.1) is 5.69 Å². The van der Waals surface area contributed by atoms with Gasteiger partial charge in [-0.2, -0.15) is 5.10 Å². The first-order chi connectivity index (χ1) is 10.3. The molecule has 0 fully saturated rings. The Morgan fingerprint density at radius 1 is 1.18 bits per heavy atom. The Balaban J connectivity index is 1.90. The lowest BCUT2D eigenvalue weighted by atomic mass is 9.93. The van der Waals surface area contributed by atoms with Gasteiger partial charge in [-0.3, -0.25) is 4.79 Å². The van der Waals surface area contributed by atoms with Gasteiger partial charge in [0.2, 0.25) is 5.91 Å². The minimum absolute atomic E-state index is 0.00525. The van der Waals surface area contributed by atoms with Crippen molar-refractivity contribution >= 4 is 17.2 Å². The zero-order valence-electron chi connectivity index (χ0n) is 13.1. The fourth-order valence-electron chi connectivity index (χ4n) is 2.19. The van der Waals surface area contributed by atoms with Gasteiger partial charge in [0.25, 0.3) is 0 Å². The predicted molar refractivity (Wildman–Crippen MR) is 85.8 cm³/mol. The van der Waals surface area contributed by atoms with Crippen molar-refractivity contribution < 1.29 is 4.79 Å². The second kappa shape index (κ2) is 4.98. The highest BCUT2D eigenvalue weighted by molar-refractivity contribution is 5.88. The van der Waals surface area contributed by atoms with Crippen LogP contribution in [0.15, 0.2) is 30.3 Å². The third-order valence-electron chi connectivity index (χ3n) is 3.38. The third-order valence-corrected chi connectivity index (χ3v) is 3.38. The summed E-state index contributed by atoms with van der Waals surface area (Å²) in [5.41, 5.74) is 3.57. The molecule has 2 heterocycles. The molecule has 6 heteroatoms. The van der Waals surface area contributed by atoms with Crippen LogP contribution in [-0.4, -0.2) is 25.7 Å². The highest BCUT2D eigenvalue weighted by atomic mass is 16.1. The number of benzene rings is 1. The van der Waals surface area contributed by atoms with Crippen molar-refractivity contribution in [3.63, 3.8) is 0 Å². The predicted octanol–water partition coefficient (Wildman–Crippen LogP) is 2.98. The van der Waals surface area contributed by atoms with Gasteiger partial charge in [0, 0.05) is 29.7 Å². The molecule has 0 aliphatic rings. The van der Waals surface area contributed by atoms with Gasteiger partial charge in [0.15, 0.2) is 11.5 Å². The Bertz CT molecular complexity index is 789. The highest BCUT2D eigenvalue weighted by Crippen LogP contribution is 2.23. The van der Waals surface area contributed by atoms with E-state index in [1.54, 1.807) is 4.63 Å². The van der Waals surface area contributed by atoms with E-state index in [1.807, 2.05) is 30.3 Å². The maximum atomic E-state index is 11.0. The fourth-order valence-corrected chi connectivity index (χ4v) is 2.19. The molecule has 3 aromatic rings. The van der Waals surface area contributed by atoms with Crippen LogP contribution in [0.3, 0.4) is 0 Å². The van der Waals surface area contributed by atoms with Crippen LogP contribution in [0.1, 0.15) is 33.4 Å². The Kier molecular flexibility index (Phi) is 3.24. The molecule has 1 aromatic carbocycles. The van der Waals surface area contributed by atoms with E-state index >= 15 is 0 Å². The van der Waals surface area contributed by atoms with Crippen molar-refractivity contribution in [3.05, 3.63) is 36.0 Å². The summed E-state index contributed by atoms with van der Waals surface area (Å²) in [5.74, 6) is 0.663. The van der Waals surface area contributed by atoms with Gasteiger partial charge in [-0.25, -0.2) is 0 Å². The van der Waals surface area contributed by atoms with Crippen molar-refractivity contribution in [2.75, 3.05) is 5.32 Å². The van der Waals surface area contributed by atoms with Crippen LogP contribution in [0.2, 0.25) is 0 Å². The molecule has 0 aliphatic carbocycles. The molecule has 0 saturated carbocycles. The zero-order chi connectivity index (χ0) is 15.9. The number of anilines is 1. The first-order valence-corrected chi connectivity index (χ1v) is 7.17. The number of carbonyl (C=O) groups excluding carboxylic acids is 1. The van der Waals surface area contributed by atoms with Crippen molar-refractivity contribution in [3.8, 4) is 11.4 Å². The number of amides is 1. The van der Waals surface area contributed by atoms with E-state index in [0.717, 1.165) is 28.4 Å². The monoisotopic (exact) mass is 297 g/mol. The molecule has 2 aromatic heterocycles. The number of fused-ring (bicyclic) bond motifs is 1. The van der Waals surface area contributed by atoms with E-state index in [4.69, 9.17) is 0 Å². The standard InChI is InChI=1S/C16H19N5O/c1-10(22)17-12-7-5-11(6-8-12)15-18-14-9-13(16(2,3)4)19-21(14)20-15/h5-9H,1-4H3,(H,17,22)(H,18,20). The third kappa shape index (κ3) is 2.72. The summed E-state index contributed by atoms with van der Waals surface area (Å²) in [6.45, 7) is 7.85. The lowest BCUT2D eigenvalue weighted by Gasteiger charge is -2.13. The van der Waals surface area contributed by atoms with Crippen molar-refractivity contribution in [2.45, 2.75) is 33.1 Å². The minimum Gasteiger partial charge on any atom is -0.326 e. The summed E-state index contributed by atoms with van der Waals surface area (Å²) in [6, 6.07) is 9.54. The molecule has 6 nitrogen and oxygen atoms in total. The van der Waals surface area contributed by atoms with Gasteiger partial charge in [-0.05, 0) is 24.3 Å². The number of H-pyrrole nitrogens is 1. The molecule has 114 valence electrons. The van der Waals surface area contributed by atoms with Gasteiger partial charge in [-0.1, -0.05) is 20.8 Å². The first kappa shape index (κ1) is 14.3. The number of nitrogens with one attached hydrogen (secondary N) is 2. The summed E-state index contributed by atoms with van der Waals surface area (Å²) >= 11 is 0. The largest absolute Gasteiger partial charge is 0.326 e. The lowest BCUT2D eigenvalue weighted by Crippen LogP contribution is -2.12. The molecule has 2 N–H and O–H groups in total. The van der Waals surface area contributed by atoms with Crippen LogP contribution in [0.4, 0.5) is 5.69 Å². The van der Waals surface area contributed by atoms with E-state index in [2.05, 4.69) is 41.3 Å². The molecule has 0 bridgehead atoms. The Hall–Kier alpha value is -2.63. The number of carbonyl (C=O) groups is 1. The fraction of sp³-hybridized carbons (Fsp3) is 0.312. The Morgan fingerprint density at radius 2 is 1.86 bits per heavy atom. The average molecular weight is 297 g/mol. The molecular formula is C16H19N5O. The van der Waals surface area contributed by atoms with Crippen molar-refractivity contribution in [1.29, 1.82) is 0 Å². The van der Waals surface area contributed by atoms with Crippen molar-refractivity contribution in [1.82, 2.24) is 19.8 Å². The second-order valence-electron chi connectivity index (χ2n) is 6.39. The molecular weight excluding hydrogens is 278 g/mol. The summed E-state index contributed by atoms with van der Waals surface area (Å²) in [7, 11) is 0. The van der Waals surface area contributed by atoms with E-state index in [1.165, 1.54) is 6.92 Å². The number of rotatable bonds is 2. The Morgan fingerprint density at radius 3 is 2.41 bits per heavy atom. The molecule has 1 amide bonds. The number of aromatic amines is 1. The van der Waals surface area contributed by atoms with Gasteiger partial charge in [0.1, 0.15) is 0 Å². The molecule has 0 unspecified atom stereocenters. The van der Waals surface area contributed by atoms with E-state index < -0.39 is 0 Å². The molecule has 3 rings (SSSR count). The summed E-state index contributed by atoms with van der Waals surface area (Å²) < 4.78 is 1.62.